The van der Waals surface area contributed by atoms with Crippen LogP contribution in [0.15, 0.2) is 18.6 Å². The minimum Gasteiger partial charge on any atom is -0.447 e. The normalized spacial score (nSPS) is 15.7. The van der Waals surface area contributed by atoms with E-state index in [-0.39, 0.29) is 18.2 Å². The molecule has 0 aromatic carbocycles. The molecule has 1 aliphatic heterocycles. The van der Waals surface area contributed by atoms with E-state index >= 15 is 0 Å². The van der Waals surface area contributed by atoms with E-state index in [2.05, 4.69) is 14.5 Å². The molecule has 0 aliphatic carbocycles. The number of carbonyl (C=O) groups excluding carboxylic acids is 1. The van der Waals surface area contributed by atoms with Crippen molar-refractivity contribution in [3.05, 3.63) is 24.3 Å². The largest absolute Gasteiger partial charge is 0.447 e. The summed E-state index contributed by atoms with van der Waals surface area (Å²) in [5.74, 6) is 0. The fraction of sp³-hybridized carbons (Fsp3) is 0.500. The van der Waals surface area contributed by atoms with Gasteiger partial charge >= 0.3 is 6.09 Å². The number of pyridine rings is 1. The highest BCUT2D eigenvalue weighted by molar-refractivity contribution is 5.75. The van der Waals surface area contributed by atoms with Gasteiger partial charge in [-0.15, -0.1) is 0 Å². The third kappa shape index (κ3) is 2.21. The van der Waals surface area contributed by atoms with Crippen molar-refractivity contribution in [1.82, 2.24) is 19.4 Å². The average molecular weight is 274 g/mol. The molecule has 106 valence electrons. The highest BCUT2D eigenvalue weighted by Gasteiger charge is 2.33. The molecule has 0 atom stereocenters. The molecule has 1 saturated heterocycles. The van der Waals surface area contributed by atoms with Crippen LogP contribution < -0.4 is 0 Å². The first-order valence-corrected chi connectivity index (χ1v) is 6.79. The molecule has 6 heteroatoms. The summed E-state index contributed by atoms with van der Waals surface area (Å²) < 4.78 is 7.29. The van der Waals surface area contributed by atoms with Crippen molar-refractivity contribution in [2.24, 2.45) is 0 Å². The van der Waals surface area contributed by atoms with E-state index in [1.165, 1.54) is 0 Å². The Morgan fingerprint density at radius 3 is 2.85 bits per heavy atom. The number of likely N-dealkylation sites (tertiary alicyclic amines) is 1. The molecule has 0 N–H and O–H groups in total. The summed E-state index contributed by atoms with van der Waals surface area (Å²) in [5.41, 5.74) is 2.92. The molecule has 3 heterocycles. The van der Waals surface area contributed by atoms with Gasteiger partial charge in [0.05, 0.1) is 30.2 Å². The Balaban J connectivity index is 1.72. The lowest BCUT2D eigenvalue weighted by atomic mass is 10.1. The molecule has 6 nitrogen and oxygen atoms in total. The van der Waals surface area contributed by atoms with Gasteiger partial charge in [-0.3, -0.25) is 4.98 Å². The van der Waals surface area contributed by atoms with Crippen molar-refractivity contribution in [2.75, 3.05) is 13.1 Å². The maximum Gasteiger partial charge on any atom is 0.410 e. The number of imidazole rings is 1. The second-order valence-electron chi connectivity index (χ2n) is 5.46. The number of carbonyl (C=O) groups is 1. The number of hydrogen-bond acceptors (Lipinski definition) is 4. The Kier molecular flexibility index (Phi) is 3.08. The molecule has 20 heavy (non-hydrogen) atoms. The second-order valence-corrected chi connectivity index (χ2v) is 5.46. The van der Waals surface area contributed by atoms with Gasteiger partial charge in [0.2, 0.25) is 0 Å². The van der Waals surface area contributed by atoms with Crippen molar-refractivity contribution in [3.8, 4) is 0 Å². The van der Waals surface area contributed by atoms with E-state index in [1.54, 1.807) is 11.1 Å². The van der Waals surface area contributed by atoms with Gasteiger partial charge in [0.15, 0.2) is 0 Å². The Labute approximate surface area is 117 Å². The Bertz CT molecular complexity index is 644. The third-order valence-electron chi connectivity index (χ3n) is 3.45. The summed E-state index contributed by atoms with van der Waals surface area (Å²) in [6.07, 6.45) is 3.29. The number of nitrogens with zero attached hydrogens (tertiary/aromatic N) is 4. The van der Waals surface area contributed by atoms with Crippen molar-refractivity contribution >= 4 is 17.1 Å². The predicted octanol–water partition coefficient (Wildman–Crippen LogP) is 2.14. The molecule has 2 aromatic heterocycles. The number of aryl methyl sites for hydroxylation is 1. The number of aromatic nitrogens is 3. The molecular formula is C14H18N4O2. The fourth-order valence-electron chi connectivity index (χ4n) is 2.38. The molecule has 0 bridgehead atoms. The van der Waals surface area contributed by atoms with Gasteiger partial charge in [0, 0.05) is 18.8 Å². The van der Waals surface area contributed by atoms with Gasteiger partial charge in [-0.1, -0.05) is 0 Å². The molecule has 1 aliphatic rings. The van der Waals surface area contributed by atoms with Crippen LogP contribution in [0.2, 0.25) is 0 Å². The van der Waals surface area contributed by atoms with E-state index in [1.807, 2.05) is 33.2 Å². The maximum absolute atomic E-state index is 11.7. The van der Waals surface area contributed by atoms with E-state index in [4.69, 9.17) is 4.74 Å². The minimum atomic E-state index is -0.237. The summed E-state index contributed by atoms with van der Waals surface area (Å²) >= 11 is 0. The summed E-state index contributed by atoms with van der Waals surface area (Å²) in [7, 11) is 0. The molecule has 3 rings (SSSR count). The van der Waals surface area contributed by atoms with Crippen LogP contribution in [0.4, 0.5) is 4.79 Å². The van der Waals surface area contributed by atoms with E-state index < -0.39 is 0 Å². The van der Waals surface area contributed by atoms with Crippen molar-refractivity contribution < 1.29 is 9.53 Å². The summed E-state index contributed by atoms with van der Waals surface area (Å²) in [6.45, 7) is 7.00. The van der Waals surface area contributed by atoms with Crippen LogP contribution in [0.1, 0.15) is 25.6 Å². The standard InChI is InChI=1S/C14H18N4O2/c1-9(2)20-14(19)17-6-11(7-17)18-8-16-12-5-15-10(3)4-13(12)18/h4-5,8-9,11H,6-7H2,1-3H3. The SMILES string of the molecule is Cc1cc2c(cn1)ncn2C1CN(C(=O)OC(C)C)C1. The molecule has 1 fully saturated rings. The number of amides is 1. The highest BCUT2D eigenvalue weighted by Crippen LogP contribution is 2.26. The van der Waals surface area contributed by atoms with E-state index in [0.29, 0.717) is 13.1 Å². The van der Waals surface area contributed by atoms with Gasteiger partial charge in [-0.2, -0.15) is 0 Å². The third-order valence-corrected chi connectivity index (χ3v) is 3.45. The summed E-state index contributed by atoms with van der Waals surface area (Å²) in [4.78, 5) is 22.0. The van der Waals surface area contributed by atoms with Gasteiger partial charge in [0.25, 0.3) is 0 Å². The van der Waals surface area contributed by atoms with Crippen molar-refractivity contribution in [1.29, 1.82) is 0 Å². The van der Waals surface area contributed by atoms with Crippen LogP contribution >= 0.6 is 0 Å². The Hall–Kier alpha value is -2.11. The van der Waals surface area contributed by atoms with Crippen LogP contribution in [-0.4, -0.2) is 44.7 Å². The molecular weight excluding hydrogens is 256 g/mol. The molecule has 0 unspecified atom stereocenters. The van der Waals surface area contributed by atoms with E-state index in [9.17, 15) is 4.79 Å². The first-order chi connectivity index (χ1) is 9.54. The van der Waals surface area contributed by atoms with Crippen molar-refractivity contribution in [2.45, 2.75) is 32.9 Å². The Morgan fingerprint density at radius 1 is 1.40 bits per heavy atom. The lowest BCUT2D eigenvalue weighted by Gasteiger charge is -2.39. The average Bonchev–Trinajstić information content (AvgIpc) is 2.69. The molecule has 2 aromatic rings. The summed E-state index contributed by atoms with van der Waals surface area (Å²) in [5, 5.41) is 0. The first kappa shape index (κ1) is 12.9. The molecule has 0 spiro atoms. The van der Waals surface area contributed by atoms with Crippen LogP contribution in [0.3, 0.4) is 0 Å². The quantitative estimate of drug-likeness (QED) is 0.841. The topological polar surface area (TPSA) is 60.2 Å². The number of rotatable bonds is 2. The van der Waals surface area contributed by atoms with Gasteiger partial charge in [0.1, 0.15) is 5.52 Å². The summed E-state index contributed by atoms with van der Waals surface area (Å²) in [6, 6.07) is 2.29. The predicted molar refractivity (Wildman–Crippen MR) is 74.5 cm³/mol. The van der Waals surface area contributed by atoms with Crippen molar-refractivity contribution in [3.63, 3.8) is 0 Å². The second kappa shape index (κ2) is 4.77. The van der Waals surface area contributed by atoms with Gasteiger partial charge in [-0.25, -0.2) is 9.78 Å². The fourth-order valence-corrected chi connectivity index (χ4v) is 2.38. The van der Waals surface area contributed by atoms with Gasteiger partial charge < -0.3 is 14.2 Å². The lowest BCUT2D eigenvalue weighted by Crippen LogP contribution is -2.51. The van der Waals surface area contributed by atoms with Crippen LogP contribution in [0, 0.1) is 6.92 Å². The Morgan fingerprint density at radius 2 is 2.15 bits per heavy atom. The zero-order valence-corrected chi connectivity index (χ0v) is 11.9. The van der Waals surface area contributed by atoms with E-state index in [0.717, 1.165) is 16.7 Å². The maximum atomic E-state index is 11.7. The van der Waals surface area contributed by atoms with Crippen LogP contribution in [0.5, 0.6) is 0 Å². The highest BCUT2D eigenvalue weighted by atomic mass is 16.6. The lowest BCUT2D eigenvalue weighted by molar-refractivity contribution is 0.0402. The minimum absolute atomic E-state index is 0.0793. The number of hydrogen-bond donors (Lipinski definition) is 0. The zero-order valence-electron chi connectivity index (χ0n) is 11.9. The smallest absolute Gasteiger partial charge is 0.410 e. The number of fused-ring (bicyclic) bond motifs is 1. The zero-order chi connectivity index (χ0) is 14.3. The van der Waals surface area contributed by atoms with Gasteiger partial charge in [-0.05, 0) is 26.8 Å². The van der Waals surface area contributed by atoms with Crippen LogP contribution in [-0.2, 0) is 4.74 Å². The first-order valence-electron chi connectivity index (χ1n) is 6.79. The monoisotopic (exact) mass is 274 g/mol. The number of ether oxygens (including phenoxy) is 1. The molecule has 1 amide bonds. The molecule has 0 radical (unpaired) electrons. The molecule has 0 saturated carbocycles. The van der Waals surface area contributed by atoms with Crippen LogP contribution in [0.25, 0.3) is 11.0 Å².